The van der Waals surface area contributed by atoms with Crippen molar-refractivity contribution in [1.29, 1.82) is 0 Å². The van der Waals surface area contributed by atoms with E-state index in [0.29, 0.717) is 12.5 Å². The SMILES string of the molecule is O=C(O)C[C@]12CCCC[C@H]1N(Cc1ccco1)CCC2. The molecule has 4 heteroatoms. The maximum atomic E-state index is 11.3. The average molecular weight is 277 g/mol. The molecular weight excluding hydrogens is 254 g/mol. The summed E-state index contributed by atoms with van der Waals surface area (Å²) in [6.45, 7) is 1.88. The lowest BCUT2D eigenvalue weighted by Gasteiger charge is -2.52. The van der Waals surface area contributed by atoms with Crippen molar-refractivity contribution in [2.45, 2.75) is 57.5 Å². The van der Waals surface area contributed by atoms with Gasteiger partial charge in [-0.25, -0.2) is 0 Å². The van der Waals surface area contributed by atoms with E-state index in [9.17, 15) is 9.90 Å². The lowest BCUT2D eigenvalue weighted by atomic mass is 9.63. The molecule has 1 aliphatic heterocycles. The van der Waals surface area contributed by atoms with Crippen LogP contribution in [0.4, 0.5) is 0 Å². The molecule has 0 bridgehead atoms. The van der Waals surface area contributed by atoms with E-state index >= 15 is 0 Å². The molecule has 4 nitrogen and oxygen atoms in total. The van der Waals surface area contributed by atoms with Crippen molar-refractivity contribution < 1.29 is 14.3 Å². The molecule has 1 aromatic rings. The molecule has 110 valence electrons. The minimum atomic E-state index is -0.642. The normalized spacial score (nSPS) is 30.9. The fourth-order valence-electron chi connectivity index (χ4n) is 4.33. The van der Waals surface area contributed by atoms with Gasteiger partial charge in [0.15, 0.2) is 0 Å². The third-order valence-corrected chi connectivity index (χ3v) is 5.11. The Labute approximate surface area is 119 Å². The van der Waals surface area contributed by atoms with E-state index in [4.69, 9.17) is 4.42 Å². The van der Waals surface area contributed by atoms with Crippen LogP contribution in [-0.4, -0.2) is 28.6 Å². The number of fused-ring (bicyclic) bond motifs is 1. The van der Waals surface area contributed by atoms with E-state index in [-0.39, 0.29) is 5.41 Å². The summed E-state index contributed by atoms with van der Waals surface area (Å²) in [5.74, 6) is 0.346. The molecule has 2 atom stereocenters. The molecule has 0 amide bonds. The lowest BCUT2D eigenvalue weighted by molar-refractivity contribution is -0.144. The zero-order chi connectivity index (χ0) is 14.0. The minimum absolute atomic E-state index is 0.00503. The molecule has 2 heterocycles. The van der Waals surface area contributed by atoms with Crippen molar-refractivity contribution in [2.75, 3.05) is 6.54 Å². The molecule has 3 rings (SSSR count). The highest BCUT2D eigenvalue weighted by molar-refractivity contribution is 5.68. The van der Waals surface area contributed by atoms with Crippen molar-refractivity contribution in [2.24, 2.45) is 5.41 Å². The predicted octanol–water partition coefficient (Wildman–Crippen LogP) is 3.28. The zero-order valence-electron chi connectivity index (χ0n) is 11.9. The Bertz CT molecular complexity index is 452. The number of carboxylic acid groups (broad SMARTS) is 1. The van der Waals surface area contributed by atoms with Crippen LogP contribution in [0.25, 0.3) is 0 Å². The summed E-state index contributed by atoms with van der Waals surface area (Å²) >= 11 is 0. The van der Waals surface area contributed by atoms with Crippen molar-refractivity contribution in [3.8, 4) is 0 Å². The highest BCUT2D eigenvalue weighted by Crippen LogP contribution is 2.48. The van der Waals surface area contributed by atoms with Gasteiger partial charge in [-0.1, -0.05) is 12.8 Å². The fraction of sp³-hybridized carbons (Fsp3) is 0.688. The number of hydrogen-bond acceptors (Lipinski definition) is 3. The number of furan rings is 1. The molecule has 1 aliphatic carbocycles. The van der Waals surface area contributed by atoms with Gasteiger partial charge in [0, 0.05) is 6.04 Å². The number of nitrogens with zero attached hydrogens (tertiary/aromatic N) is 1. The monoisotopic (exact) mass is 277 g/mol. The lowest BCUT2D eigenvalue weighted by Crippen LogP contribution is -2.54. The first-order chi connectivity index (χ1) is 9.70. The predicted molar refractivity (Wildman–Crippen MR) is 75.3 cm³/mol. The average Bonchev–Trinajstić information content (AvgIpc) is 2.91. The molecule has 0 aromatic carbocycles. The van der Waals surface area contributed by atoms with Gasteiger partial charge >= 0.3 is 5.97 Å². The summed E-state index contributed by atoms with van der Waals surface area (Å²) in [4.78, 5) is 13.8. The molecule has 0 unspecified atom stereocenters. The number of rotatable bonds is 4. The van der Waals surface area contributed by atoms with E-state index in [1.165, 1.54) is 12.8 Å². The number of likely N-dealkylation sites (tertiary alicyclic amines) is 1. The van der Waals surface area contributed by atoms with Gasteiger partial charge in [0.05, 0.1) is 19.2 Å². The van der Waals surface area contributed by atoms with Gasteiger partial charge < -0.3 is 9.52 Å². The van der Waals surface area contributed by atoms with Crippen LogP contribution in [0.3, 0.4) is 0 Å². The van der Waals surface area contributed by atoms with Crippen LogP contribution < -0.4 is 0 Å². The molecule has 20 heavy (non-hydrogen) atoms. The minimum Gasteiger partial charge on any atom is -0.481 e. The first kappa shape index (κ1) is 13.7. The maximum absolute atomic E-state index is 11.3. The maximum Gasteiger partial charge on any atom is 0.303 e. The summed E-state index contributed by atoms with van der Waals surface area (Å²) < 4.78 is 5.47. The molecule has 1 N–H and O–H groups in total. The quantitative estimate of drug-likeness (QED) is 0.917. The van der Waals surface area contributed by atoms with Crippen molar-refractivity contribution >= 4 is 5.97 Å². The Morgan fingerprint density at radius 1 is 1.40 bits per heavy atom. The second kappa shape index (κ2) is 5.60. The Morgan fingerprint density at radius 2 is 2.25 bits per heavy atom. The molecular formula is C16H23NO3. The van der Waals surface area contributed by atoms with E-state index < -0.39 is 5.97 Å². The van der Waals surface area contributed by atoms with Crippen LogP contribution in [0.5, 0.6) is 0 Å². The standard InChI is InChI=1S/C16H23NO3/c18-15(19)11-16-7-2-1-6-14(16)17(9-4-8-16)12-13-5-3-10-20-13/h3,5,10,14H,1-2,4,6-9,11-12H2,(H,18,19)/t14-,16-/m1/s1. The molecule has 0 radical (unpaired) electrons. The van der Waals surface area contributed by atoms with Crippen molar-refractivity contribution in [3.63, 3.8) is 0 Å². The Balaban J connectivity index is 1.79. The van der Waals surface area contributed by atoms with Gasteiger partial charge in [-0.15, -0.1) is 0 Å². The van der Waals surface area contributed by atoms with E-state index in [1.54, 1.807) is 6.26 Å². The molecule has 2 fully saturated rings. The Morgan fingerprint density at radius 3 is 3.00 bits per heavy atom. The summed E-state index contributed by atoms with van der Waals surface area (Å²) in [5.41, 5.74) is -0.00503. The number of carbonyl (C=O) groups is 1. The van der Waals surface area contributed by atoms with Crippen LogP contribution in [0.2, 0.25) is 0 Å². The first-order valence-corrected chi connectivity index (χ1v) is 7.68. The topological polar surface area (TPSA) is 53.7 Å². The number of piperidine rings is 1. The van der Waals surface area contributed by atoms with Crippen molar-refractivity contribution in [3.05, 3.63) is 24.2 Å². The highest BCUT2D eigenvalue weighted by Gasteiger charge is 2.47. The van der Waals surface area contributed by atoms with Gasteiger partial charge in [0.1, 0.15) is 5.76 Å². The van der Waals surface area contributed by atoms with Gasteiger partial charge in [-0.2, -0.15) is 0 Å². The smallest absolute Gasteiger partial charge is 0.303 e. The van der Waals surface area contributed by atoms with Crippen LogP contribution in [0.15, 0.2) is 22.8 Å². The van der Waals surface area contributed by atoms with Crippen LogP contribution in [0, 0.1) is 5.41 Å². The number of carboxylic acids is 1. The largest absolute Gasteiger partial charge is 0.481 e. The molecule has 1 aromatic heterocycles. The Kier molecular flexibility index (Phi) is 3.83. The third kappa shape index (κ3) is 2.62. The summed E-state index contributed by atoms with van der Waals surface area (Å²) in [6, 6.07) is 4.34. The van der Waals surface area contributed by atoms with Crippen molar-refractivity contribution in [1.82, 2.24) is 4.90 Å². The van der Waals surface area contributed by atoms with Gasteiger partial charge in [0.2, 0.25) is 0 Å². The van der Waals surface area contributed by atoms with E-state index in [1.807, 2.05) is 12.1 Å². The van der Waals surface area contributed by atoms with Crippen LogP contribution >= 0.6 is 0 Å². The van der Waals surface area contributed by atoms with Gasteiger partial charge in [-0.05, 0) is 49.8 Å². The third-order valence-electron chi connectivity index (χ3n) is 5.11. The molecule has 1 saturated heterocycles. The molecule has 0 spiro atoms. The van der Waals surface area contributed by atoms with Gasteiger partial charge in [0.25, 0.3) is 0 Å². The number of aliphatic carboxylic acids is 1. The second-order valence-corrected chi connectivity index (χ2v) is 6.35. The van der Waals surface area contributed by atoms with E-state index in [2.05, 4.69) is 4.90 Å². The summed E-state index contributed by atoms with van der Waals surface area (Å²) in [7, 11) is 0. The Hall–Kier alpha value is -1.29. The molecule has 2 aliphatic rings. The summed E-state index contributed by atoms with van der Waals surface area (Å²) in [5, 5.41) is 9.31. The van der Waals surface area contributed by atoms with Gasteiger partial charge in [-0.3, -0.25) is 9.69 Å². The molecule has 1 saturated carbocycles. The highest BCUT2D eigenvalue weighted by atomic mass is 16.4. The zero-order valence-corrected chi connectivity index (χ0v) is 11.9. The van der Waals surface area contributed by atoms with Crippen LogP contribution in [0.1, 0.15) is 50.7 Å². The number of hydrogen-bond donors (Lipinski definition) is 1. The van der Waals surface area contributed by atoms with E-state index in [0.717, 1.165) is 44.5 Å². The fourth-order valence-corrected chi connectivity index (χ4v) is 4.33. The second-order valence-electron chi connectivity index (χ2n) is 6.35. The van der Waals surface area contributed by atoms with Crippen LogP contribution in [-0.2, 0) is 11.3 Å². The summed E-state index contributed by atoms with van der Waals surface area (Å²) in [6.07, 6.45) is 8.81. The first-order valence-electron chi connectivity index (χ1n) is 7.68.